The number of carbonyl (C=O) groups excluding carboxylic acids is 1. The lowest BCUT2D eigenvalue weighted by Gasteiger charge is -2.08. The molecule has 122 valence electrons. The van der Waals surface area contributed by atoms with Crippen molar-refractivity contribution in [2.24, 2.45) is 0 Å². The lowest BCUT2D eigenvalue weighted by molar-refractivity contribution is 0.102. The van der Waals surface area contributed by atoms with Crippen LogP contribution in [0.25, 0.3) is 5.95 Å². The number of aryl methyl sites for hydroxylation is 2. The Bertz CT molecular complexity index is 902. The van der Waals surface area contributed by atoms with Gasteiger partial charge in [-0.1, -0.05) is 6.07 Å². The van der Waals surface area contributed by atoms with Gasteiger partial charge < -0.3 is 5.32 Å². The van der Waals surface area contributed by atoms with Gasteiger partial charge in [-0.05, 0) is 61.6 Å². The van der Waals surface area contributed by atoms with E-state index < -0.39 is 0 Å². The number of aromatic nitrogens is 4. The number of carbonyl (C=O) groups is 1. The molecule has 0 aliphatic heterocycles. The summed E-state index contributed by atoms with van der Waals surface area (Å²) in [5.41, 5.74) is 3.10. The molecule has 0 unspecified atom stereocenters. The summed E-state index contributed by atoms with van der Waals surface area (Å²) in [6, 6.07) is 7.38. The predicted molar refractivity (Wildman–Crippen MR) is 100 cm³/mol. The van der Waals surface area contributed by atoms with Gasteiger partial charge >= 0.3 is 0 Å². The number of hydrogen-bond donors (Lipinski definition) is 1. The van der Waals surface area contributed by atoms with E-state index in [9.17, 15) is 4.79 Å². The first-order valence-electron chi connectivity index (χ1n) is 7.37. The summed E-state index contributed by atoms with van der Waals surface area (Å²) < 4.78 is 2.90. The maximum atomic E-state index is 12.2. The van der Waals surface area contributed by atoms with Crippen LogP contribution in [0, 0.1) is 24.3 Å². The molecule has 24 heavy (non-hydrogen) atoms. The van der Waals surface area contributed by atoms with Crippen molar-refractivity contribution >= 4 is 34.2 Å². The van der Waals surface area contributed by atoms with E-state index in [2.05, 4.69) is 42.9 Å². The van der Waals surface area contributed by atoms with E-state index in [1.54, 1.807) is 18.5 Å². The number of halogens is 1. The van der Waals surface area contributed by atoms with Gasteiger partial charge in [0.1, 0.15) is 5.82 Å². The minimum absolute atomic E-state index is 0.185. The smallest absolute Gasteiger partial charge is 0.255 e. The summed E-state index contributed by atoms with van der Waals surface area (Å²) in [7, 11) is 0. The van der Waals surface area contributed by atoms with Gasteiger partial charge in [0.2, 0.25) is 5.95 Å². The van der Waals surface area contributed by atoms with Crippen molar-refractivity contribution in [3.63, 3.8) is 0 Å². The Hall–Kier alpha value is -2.29. The maximum absolute atomic E-state index is 12.2. The molecular formula is C17H16IN5O. The maximum Gasteiger partial charge on any atom is 0.255 e. The quantitative estimate of drug-likeness (QED) is 0.643. The van der Waals surface area contributed by atoms with Crippen molar-refractivity contribution in [3.8, 4) is 5.95 Å². The first kappa shape index (κ1) is 16.6. The lowest BCUT2D eigenvalue weighted by atomic mass is 10.2. The molecule has 0 bridgehead atoms. The zero-order valence-corrected chi connectivity index (χ0v) is 15.7. The van der Waals surface area contributed by atoms with Crippen LogP contribution in [0.1, 0.15) is 27.6 Å². The zero-order chi connectivity index (χ0) is 17.3. The van der Waals surface area contributed by atoms with E-state index in [0.717, 1.165) is 20.8 Å². The van der Waals surface area contributed by atoms with Crippen LogP contribution in [0.2, 0.25) is 0 Å². The van der Waals surface area contributed by atoms with Crippen LogP contribution >= 0.6 is 22.6 Å². The SMILES string of the molecule is Cc1nc(C)n(-c2ncc(NC(=O)c3cccc(I)c3)cn2)c1C. The van der Waals surface area contributed by atoms with Crippen LogP contribution in [-0.4, -0.2) is 25.4 Å². The monoisotopic (exact) mass is 433 g/mol. The van der Waals surface area contributed by atoms with Gasteiger partial charge in [-0.25, -0.2) is 15.0 Å². The van der Waals surface area contributed by atoms with E-state index in [1.165, 1.54) is 0 Å². The normalized spacial score (nSPS) is 10.7. The highest BCUT2D eigenvalue weighted by Crippen LogP contribution is 2.15. The Labute approximate surface area is 153 Å². The van der Waals surface area contributed by atoms with Crippen LogP contribution in [-0.2, 0) is 0 Å². The number of rotatable bonds is 3. The minimum Gasteiger partial charge on any atom is -0.319 e. The zero-order valence-electron chi connectivity index (χ0n) is 13.5. The first-order chi connectivity index (χ1) is 11.5. The Balaban J connectivity index is 1.81. The van der Waals surface area contributed by atoms with Crippen LogP contribution in [0.5, 0.6) is 0 Å². The van der Waals surface area contributed by atoms with Crippen molar-refractivity contribution in [2.75, 3.05) is 5.32 Å². The van der Waals surface area contributed by atoms with Gasteiger partial charge in [0.25, 0.3) is 5.91 Å². The molecule has 1 N–H and O–H groups in total. The van der Waals surface area contributed by atoms with Crippen LogP contribution in [0.4, 0.5) is 5.69 Å². The van der Waals surface area contributed by atoms with Gasteiger partial charge in [0, 0.05) is 14.8 Å². The Kier molecular flexibility index (Phi) is 4.61. The largest absolute Gasteiger partial charge is 0.319 e. The fourth-order valence-corrected chi connectivity index (χ4v) is 2.95. The highest BCUT2D eigenvalue weighted by molar-refractivity contribution is 14.1. The molecule has 0 aliphatic rings. The van der Waals surface area contributed by atoms with Gasteiger partial charge in [0.05, 0.1) is 23.8 Å². The number of amides is 1. The molecule has 0 saturated heterocycles. The molecule has 7 heteroatoms. The number of benzene rings is 1. The van der Waals surface area contributed by atoms with Crippen molar-refractivity contribution in [2.45, 2.75) is 20.8 Å². The molecule has 0 radical (unpaired) electrons. The van der Waals surface area contributed by atoms with Gasteiger partial charge in [-0.3, -0.25) is 9.36 Å². The molecule has 0 fully saturated rings. The average molecular weight is 433 g/mol. The number of anilines is 1. The molecule has 2 heterocycles. The molecule has 3 rings (SSSR count). The number of imidazole rings is 1. The standard InChI is InChI=1S/C17H16IN5O/c1-10-11(2)23(12(3)21-10)17-19-8-15(9-20-17)22-16(24)13-5-4-6-14(18)7-13/h4-9H,1-3H3,(H,22,24). The van der Waals surface area contributed by atoms with Crippen LogP contribution < -0.4 is 5.32 Å². The van der Waals surface area contributed by atoms with Crippen molar-refractivity contribution in [1.82, 2.24) is 19.5 Å². The summed E-state index contributed by atoms with van der Waals surface area (Å²) in [6.45, 7) is 5.84. The van der Waals surface area contributed by atoms with E-state index >= 15 is 0 Å². The average Bonchev–Trinajstić information content (AvgIpc) is 2.81. The van der Waals surface area contributed by atoms with Gasteiger partial charge in [0.15, 0.2) is 0 Å². The highest BCUT2D eigenvalue weighted by atomic mass is 127. The number of nitrogens with zero attached hydrogens (tertiary/aromatic N) is 4. The number of nitrogens with one attached hydrogen (secondary N) is 1. The molecule has 0 aliphatic carbocycles. The third-order valence-electron chi connectivity index (χ3n) is 3.70. The Morgan fingerprint density at radius 1 is 1.17 bits per heavy atom. The van der Waals surface area contributed by atoms with E-state index in [0.29, 0.717) is 17.2 Å². The van der Waals surface area contributed by atoms with E-state index in [4.69, 9.17) is 0 Å². The summed E-state index contributed by atoms with van der Waals surface area (Å²) in [4.78, 5) is 25.4. The molecule has 0 spiro atoms. The first-order valence-corrected chi connectivity index (χ1v) is 8.45. The Morgan fingerprint density at radius 2 is 1.88 bits per heavy atom. The minimum atomic E-state index is -0.185. The van der Waals surface area contributed by atoms with Crippen molar-refractivity contribution in [3.05, 3.63) is 63.0 Å². The summed E-state index contributed by atoms with van der Waals surface area (Å²) in [6.07, 6.45) is 3.20. The lowest BCUT2D eigenvalue weighted by Crippen LogP contribution is -2.13. The van der Waals surface area contributed by atoms with Crippen molar-refractivity contribution in [1.29, 1.82) is 0 Å². The molecule has 0 saturated carbocycles. The van der Waals surface area contributed by atoms with Crippen molar-refractivity contribution < 1.29 is 4.79 Å². The topological polar surface area (TPSA) is 72.7 Å². The van der Waals surface area contributed by atoms with E-state index in [-0.39, 0.29) is 5.91 Å². The second-order valence-corrected chi connectivity index (χ2v) is 6.65. The highest BCUT2D eigenvalue weighted by Gasteiger charge is 2.12. The molecule has 1 amide bonds. The van der Waals surface area contributed by atoms with Crippen LogP contribution in [0.3, 0.4) is 0 Å². The Morgan fingerprint density at radius 3 is 2.46 bits per heavy atom. The molecule has 2 aromatic heterocycles. The number of hydrogen-bond acceptors (Lipinski definition) is 4. The van der Waals surface area contributed by atoms with Crippen LogP contribution in [0.15, 0.2) is 36.7 Å². The van der Waals surface area contributed by atoms with Gasteiger partial charge in [-0.2, -0.15) is 0 Å². The third kappa shape index (κ3) is 3.30. The fraction of sp³-hybridized carbons (Fsp3) is 0.176. The predicted octanol–water partition coefficient (Wildman–Crippen LogP) is 3.44. The van der Waals surface area contributed by atoms with E-state index in [1.807, 2.05) is 43.5 Å². The molecule has 6 nitrogen and oxygen atoms in total. The molecule has 0 atom stereocenters. The molecular weight excluding hydrogens is 417 g/mol. The molecule has 1 aromatic carbocycles. The third-order valence-corrected chi connectivity index (χ3v) is 4.37. The summed E-state index contributed by atoms with van der Waals surface area (Å²) in [5.74, 6) is 1.19. The summed E-state index contributed by atoms with van der Waals surface area (Å²) >= 11 is 2.18. The van der Waals surface area contributed by atoms with Gasteiger partial charge in [-0.15, -0.1) is 0 Å². The second kappa shape index (κ2) is 6.68. The molecule has 3 aromatic rings. The summed E-state index contributed by atoms with van der Waals surface area (Å²) in [5, 5.41) is 2.81. The fourth-order valence-electron chi connectivity index (χ4n) is 2.41. The second-order valence-electron chi connectivity index (χ2n) is 5.40.